The zero-order chi connectivity index (χ0) is 14.6. The van der Waals surface area contributed by atoms with Crippen LogP contribution in [0.15, 0.2) is 6.20 Å². The summed E-state index contributed by atoms with van der Waals surface area (Å²) in [5, 5.41) is 3.90. The van der Waals surface area contributed by atoms with Crippen molar-refractivity contribution in [2.45, 2.75) is 59.5 Å². The van der Waals surface area contributed by atoms with Crippen LogP contribution in [0.1, 0.15) is 56.5 Å². The van der Waals surface area contributed by atoms with Crippen LogP contribution in [0.25, 0.3) is 0 Å². The van der Waals surface area contributed by atoms with Crippen LogP contribution in [0.5, 0.6) is 0 Å². The number of hydrogen-bond acceptors (Lipinski definition) is 4. The van der Waals surface area contributed by atoms with Crippen LogP contribution < -0.4 is 11.1 Å². The molecule has 1 rings (SSSR count). The molecule has 4 nitrogen and oxygen atoms in total. The Labute approximate surface area is 119 Å². The second-order valence-electron chi connectivity index (χ2n) is 6.33. The van der Waals surface area contributed by atoms with Gasteiger partial charge in [-0.05, 0) is 25.7 Å². The van der Waals surface area contributed by atoms with Crippen molar-refractivity contribution in [3.05, 3.63) is 16.1 Å². The van der Waals surface area contributed by atoms with E-state index in [4.69, 9.17) is 5.73 Å². The summed E-state index contributed by atoms with van der Waals surface area (Å²) in [6.45, 7) is 10.4. The molecule has 1 aromatic rings. The van der Waals surface area contributed by atoms with Gasteiger partial charge in [0.2, 0.25) is 5.91 Å². The molecule has 1 aromatic heterocycles. The molecule has 0 saturated carbocycles. The van der Waals surface area contributed by atoms with Crippen LogP contribution >= 0.6 is 11.3 Å². The summed E-state index contributed by atoms with van der Waals surface area (Å²) >= 11 is 1.61. The number of nitrogens with one attached hydrogen (secondary N) is 1. The molecule has 0 fully saturated rings. The molecule has 0 spiro atoms. The van der Waals surface area contributed by atoms with E-state index < -0.39 is 0 Å². The molecule has 0 saturated heterocycles. The summed E-state index contributed by atoms with van der Waals surface area (Å²) in [5.41, 5.74) is 6.16. The van der Waals surface area contributed by atoms with Crippen molar-refractivity contribution < 1.29 is 4.79 Å². The largest absolute Gasteiger partial charge is 0.347 e. The lowest BCUT2D eigenvalue weighted by Crippen LogP contribution is -2.35. The van der Waals surface area contributed by atoms with E-state index in [1.165, 1.54) is 0 Å². The second kappa shape index (κ2) is 6.48. The Kier molecular flexibility index (Phi) is 5.50. The maximum absolute atomic E-state index is 11.9. The van der Waals surface area contributed by atoms with Gasteiger partial charge in [0.15, 0.2) is 0 Å². The lowest BCUT2D eigenvalue weighted by molar-refractivity contribution is -0.122. The van der Waals surface area contributed by atoms with Crippen LogP contribution in [-0.4, -0.2) is 16.9 Å². The lowest BCUT2D eigenvalue weighted by Gasteiger charge is -2.23. The van der Waals surface area contributed by atoms with Crippen LogP contribution in [0.4, 0.5) is 0 Å². The summed E-state index contributed by atoms with van der Waals surface area (Å²) in [5.74, 6) is -0.00268. The molecule has 0 radical (unpaired) electrons. The molecule has 1 heterocycles. The van der Waals surface area contributed by atoms with Gasteiger partial charge in [-0.3, -0.25) is 4.79 Å². The van der Waals surface area contributed by atoms with Crippen molar-refractivity contribution in [2.75, 3.05) is 0 Å². The van der Waals surface area contributed by atoms with Crippen LogP contribution in [0, 0.1) is 12.3 Å². The number of hydrogen-bond donors (Lipinski definition) is 2. The minimum absolute atomic E-state index is 0.00268. The van der Waals surface area contributed by atoms with Crippen molar-refractivity contribution in [1.29, 1.82) is 0 Å². The van der Waals surface area contributed by atoms with Gasteiger partial charge < -0.3 is 11.1 Å². The van der Waals surface area contributed by atoms with E-state index in [2.05, 4.69) is 31.1 Å². The fraction of sp³-hybridized carbons (Fsp3) is 0.714. The maximum Gasteiger partial charge on any atom is 0.222 e. The van der Waals surface area contributed by atoms with Crippen LogP contribution in [0.3, 0.4) is 0 Å². The van der Waals surface area contributed by atoms with E-state index >= 15 is 0 Å². The fourth-order valence-corrected chi connectivity index (χ4v) is 2.81. The Bertz CT molecular complexity index is 423. The first-order valence-electron chi connectivity index (χ1n) is 6.64. The first kappa shape index (κ1) is 16.1. The number of aryl methyl sites for hydroxylation is 1. The minimum atomic E-state index is -0.0924. The topological polar surface area (TPSA) is 68.0 Å². The average Bonchev–Trinajstić information content (AvgIpc) is 2.61. The molecule has 0 aliphatic carbocycles. The van der Waals surface area contributed by atoms with Crippen molar-refractivity contribution in [1.82, 2.24) is 10.3 Å². The fourth-order valence-electron chi connectivity index (χ4n) is 2.03. The smallest absolute Gasteiger partial charge is 0.222 e. The van der Waals surface area contributed by atoms with E-state index in [1.54, 1.807) is 11.3 Å². The van der Waals surface area contributed by atoms with E-state index in [0.29, 0.717) is 6.42 Å². The number of nitrogens with two attached hydrogens (primary N) is 1. The normalized spacial score (nSPS) is 15.1. The first-order valence-corrected chi connectivity index (χ1v) is 7.46. The quantitative estimate of drug-likeness (QED) is 0.873. The Hall–Kier alpha value is -0.940. The van der Waals surface area contributed by atoms with Crippen molar-refractivity contribution in [3.8, 4) is 0 Å². The summed E-state index contributed by atoms with van der Waals surface area (Å²) in [4.78, 5) is 17.3. The highest BCUT2D eigenvalue weighted by Crippen LogP contribution is 2.22. The molecular formula is C14H25N3OS. The van der Waals surface area contributed by atoms with Gasteiger partial charge >= 0.3 is 0 Å². The number of amides is 1. The number of rotatable bonds is 5. The number of aromatic nitrogens is 1. The second-order valence-corrected chi connectivity index (χ2v) is 7.59. The Morgan fingerprint density at radius 2 is 2.16 bits per heavy atom. The number of nitrogens with zero attached hydrogens (tertiary/aromatic N) is 1. The van der Waals surface area contributed by atoms with Gasteiger partial charge in [0.1, 0.15) is 5.01 Å². The number of thiazole rings is 1. The van der Waals surface area contributed by atoms with Gasteiger partial charge in [-0.2, -0.15) is 0 Å². The van der Waals surface area contributed by atoms with Gasteiger partial charge in [0, 0.05) is 23.5 Å². The summed E-state index contributed by atoms with van der Waals surface area (Å²) in [6, 6.07) is -0.140. The molecule has 0 aliphatic heterocycles. The molecule has 0 aromatic carbocycles. The van der Waals surface area contributed by atoms with Gasteiger partial charge in [-0.15, -0.1) is 11.3 Å². The SMILES string of the molecule is Cc1cnc(C(C)NC(=O)CC(N)CC(C)(C)C)s1. The highest BCUT2D eigenvalue weighted by Gasteiger charge is 2.19. The minimum Gasteiger partial charge on any atom is -0.347 e. The van der Waals surface area contributed by atoms with E-state index in [-0.39, 0.29) is 23.4 Å². The standard InChI is InChI=1S/C14H25N3OS/c1-9-8-16-13(19-9)10(2)17-12(18)6-11(15)7-14(3,4)5/h8,10-11H,6-7,15H2,1-5H3,(H,17,18). The molecule has 2 unspecified atom stereocenters. The van der Waals surface area contributed by atoms with Gasteiger partial charge in [-0.1, -0.05) is 20.8 Å². The molecule has 1 amide bonds. The molecular weight excluding hydrogens is 258 g/mol. The summed E-state index contributed by atoms with van der Waals surface area (Å²) < 4.78 is 0. The number of carbonyl (C=O) groups is 1. The lowest BCUT2D eigenvalue weighted by atomic mass is 9.87. The van der Waals surface area contributed by atoms with Crippen LogP contribution in [-0.2, 0) is 4.79 Å². The molecule has 108 valence electrons. The highest BCUT2D eigenvalue weighted by molar-refractivity contribution is 7.11. The zero-order valence-corrected chi connectivity index (χ0v) is 13.3. The summed E-state index contributed by atoms with van der Waals surface area (Å²) in [7, 11) is 0. The molecule has 5 heteroatoms. The van der Waals surface area contributed by atoms with Gasteiger partial charge in [-0.25, -0.2) is 4.98 Å². The maximum atomic E-state index is 11.9. The third-order valence-corrected chi connectivity index (χ3v) is 3.80. The first-order chi connectivity index (χ1) is 8.67. The van der Waals surface area contributed by atoms with Gasteiger partial charge in [0.05, 0.1) is 6.04 Å². The highest BCUT2D eigenvalue weighted by atomic mass is 32.1. The Morgan fingerprint density at radius 1 is 1.53 bits per heavy atom. The molecule has 2 atom stereocenters. The van der Waals surface area contributed by atoms with E-state index in [1.807, 2.05) is 20.0 Å². The Morgan fingerprint density at radius 3 is 2.63 bits per heavy atom. The molecule has 3 N–H and O–H groups in total. The zero-order valence-electron chi connectivity index (χ0n) is 12.5. The van der Waals surface area contributed by atoms with Crippen LogP contribution in [0.2, 0.25) is 0 Å². The average molecular weight is 283 g/mol. The Balaban J connectivity index is 2.43. The monoisotopic (exact) mass is 283 g/mol. The molecule has 19 heavy (non-hydrogen) atoms. The van der Waals surface area contributed by atoms with Crippen molar-refractivity contribution in [2.24, 2.45) is 11.1 Å². The van der Waals surface area contributed by atoms with Crippen molar-refractivity contribution in [3.63, 3.8) is 0 Å². The predicted octanol–water partition coefficient (Wildman–Crippen LogP) is 2.78. The predicted molar refractivity (Wildman–Crippen MR) is 80.1 cm³/mol. The molecule has 0 aliphatic rings. The van der Waals surface area contributed by atoms with Crippen molar-refractivity contribution >= 4 is 17.2 Å². The third-order valence-electron chi connectivity index (χ3n) is 2.71. The van der Waals surface area contributed by atoms with E-state index in [9.17, 15) is 4.79 Å². The third kappa shape index (κ3) is 6.16. The summed E-state index contributed by atoms with van der Waals surface area (Å²) in [6.07, 6.45) is 3.03. The number of carbonyl (C=O) groups excluding carboxylic acids is 1. The van der Waals surface area contributed by atoms with E-state index in [0.717, 1.165) is 16.3 Å². The molecule has 0 bridgehead atoms. The van der Waals surface area contributed by atoms with Gasteiger partial charge in [0.25, 0.3) is 0 Å².